The van der Waals surface area contributed by atoms with E-state index in [2.05, 4.69) is 72.3 Å². The van der Waals surface area contributed by atoms with E-state index < -0.39 is 0 Å². The maximum Gasteiger partial charge on any atom is 2.00 e. The molecule has 0 amide bonds. The molecule has 0 fully saturated rings. The molecule has 0 heterocycles. The first kappa shape index (κ1) is 26.8. The third-order valence-electron chi connectivity index (χ3n) is 3.19. The van der Waals surface area contributed by atoms with E-state index in [0.717, 1.165) is 12.8 Å². The molecule has 0 aliphatic heterocycles. The number of allylic oxidation sites excluding steroid dienone is 8. The smallest absolute Gasteiger partial charge is 1.00 e. The van der Waals surface area contributed by atoms with E-state index in [9.17, 15) is 0 Å². The van der Waals surface area contributed by atoms with Crippen LogP contribution in [-0.4, -0.2) is 23.1 Å². The summed E-state index contributed by atoms with van der Waals surface area (Å²) >= 11 is 0. The number of halogens is 1. The summed E-state index contributed by atoms with van der Waals surface area (Å²) in [4.78, 5) is 0. The Labute approximate surface area is 161 Å². The van der Waals surface area contributed by atoms with Crippen molar-refractivity contribution in [2.75, 3.05) is 0 Å². The normalized spacial score (nSPS) is 11.0. The minimum atomic E-state index is 0. The standard InChI is InChI=1S/C20H33.ClH.Mg/c1-17(2)11-9-15-19(5)13-7-8-14-20(6)16-10-12-18(3)4;;/h7,11-14H,8-10,15-16H2,1-6H3;1H;/q-1;;+2/p-1/b19-13+,20-14+;;. The van der Waals surface area contributed by atoms with Gasteiger partial charge in [0.25, 0.3) is 0 Å². The fraction of sp³-hybridized carbons (Fsp3) is 0.550. The van der Waals surface area contributed by atoms with E-state index in [1.807, 2.05) is 0 Å². The Bertz CT molecular complexity index is 341. The molecule has 2 heteroatoms. The molecular formula is C20H33ClMg. The van der Waals surface area contributed by atoms with Gasteiger partial charge in [0.1, 0.15) is 0 Å². The molecule has 0 atom stereocenters. The van der Waals surface area contributed by atoms with E-state index in [1.165, 1.54) is 41.6 Å². The Kier molecular flexibility index (Phi) is 21.0. The van der Waals surface area contributed by atoms with Crippen LogP contribution < -0.4 is 12.4 Å². The molecule has 0 aliphatic carbocycles. The predicted octanol–water partition coefficient (Wildman–Crippen LogP) is 3.59. The van der Waals surface area contributed by atoms with Gasteiger partial charge < -0.3 is 12.4 Å². The summed E-state index contributed by atoms with van der Waals surface area (Å²) in [6.45, 7) is 13.1. The molecule has 0 saturated heterocycles. The van der Waals surface area contributed by atoms with Crippen molar-refractivity contribution in [3.8, 4) is 0 Å². The SMILES string of the molecule is CC(C)=CCC/C(C)=C/[CH-]C/C=C(\C)CCC=C(C)C.[Cl-].[Mg+2]. The van der Waals surface area contributed by atoms with E-state index in [4.69, 9.17) is 0 Å². The zero-order valence-electron chi connectivity index (χ0n) is 15.5. The van der Waals surface area contributed by atoms with Crippen molar-refractivity contribution < 1.29 is 12.4 Å². The van der Waals surface area contributed by atoms with Crippen LogP contribution in [0.1, 0.15) is 73.6 Å². The van der Waals surface area contributed by atoms with Crippen LogP contribution in [0, 0.1) is 6.42 Å². The van der Waals surface area contributed by atoms with Crippen LogP contribution in [0.4, 0.5) is 0 Å². The van der Waals surface area contributed by atoms with Crippen molar-refractivity contribution in [3.63, 3.8) is 0 Å². The van der Waals surface area contributed by atoms with Crippen LogP contribution in [0.5, 0.6) is 0 Å². The summed E-state index contributed by atoms with van der Waals surface area (Å²) in [5.41, 5.74) is 5.79. The zero-order valence-corrected chi connectivity index (χ0v) is 17.7. The first-order valence-electron chi connectivity index (χ1n) is 7.83. The van der Waals surface area contributed by atoms with Gasteiger partial charge in [-0.3, -0.25) is 0 Å². The number of hydrogen-bond donors (Lipinski definition) is 0. The molecule has 0 nitrogen and oxygen atoms in total. The van der Waals surface area contributed by atoms with Gasteiger partial charge in [0.2, 0.25) is 0 Å². The second-order valence-electron chi connectivity index (χ2n) is 6.18. The molecule has 0 aromatic heterocycles. The summed E-state index contributed by atoms with van der Waals surface area (Å²) in [5, 5.41) is 0. The summed E-state index contributed by atoms with van der Waals surface area (Å²) < 4.78 is 0. The van der Waals surface area contributed by atoms with Crippen LogP contribution in [0.15, 0.2) is 46.6 Å². The maximum atomic E-state index is 2.35. The van der Waals surface area contributed by atoms with Gasteiger partial charge in [0, 0.05) is 0 Å². The molecule has 122 valence electrons. The minimum Gasteiger partial charge on any atom is -1.00 e. The monoisotopic (exact) mass is 332 g/mol. The fourth-order valence-corrected chi connectivity index (χ4v) is 1.90. The van der Waals surface area contributed by atoms with E-state index in [0.29, 0.717) is 0 Å². The Hall–Kier alpha value is -0.114. The van der Waals surface area contributed by atoms with Gasteiger partial charge in [0.15, 0.2) is 0 Å². The van der Waals surface area contributed by atoms with Crippen molar-refractivity contribution in [2.24, 2.45) is 0 Å². The fourth-order valence-electron chi connectivity index (χ4n) is 1.90. The molecule has 0 aliphatic rings. The van der Waals surface area contributed by atoms with Gasteiger partial charge in [-0.05, 0) is 53.9 Å². The molecule has 0 rings (SSSR count). The first-order valence-corrected chi connectivity index (χ1v) is 7.83. The molecule has 0 unspecified atom stereocenters. The summed E-state index contributed by atoms with van der Waals surface area (Å²) in [6.07, 6.45) is 17.3. The largest absolute Gasteiger partial charge is 2.00 e. The first-order chi connectivity index (χ1) is 9.41. The molecule has 0 bridgehead atoms. The average Bonchev–Trinajstić information content (AvgIpc) is 2.33. The second kappa shape index (κ2) is 17.2. The molecule has 0 aromatic rings. The maximum absolute atomic E-state index is 2.35. The van der Waals surface area contributed by atoms with Crippen LogP contribution in [0.2, 0.25) is 0 Å². The van der Waals surface area contributed by atoms with Crippen LogP contribution in [0.3, 0.4) is 0 Å². The zero-order chi connectivity index (χ0) is 15.4. The third kappa shape index (κ3) is 19.9. The Balaban J connectivity index is -0.00000180. The average molecular weight is 333 g/mol. The Morgan fingerprint density at radius 2 is 1.18 bits per heavy atom. The van der Waals surface area contributed by atoms with Crippen LogP contribution in [-0.2, 0) is 0 Å². The molecule has 0 aromatic carbocycles. The molecule has 22 heavy (non-hydrogen) atoms. The van der Waals surface area contributed by atoms with Gasteiger partial charge in [-0.15, -0.1) is 6.92 Å². The van der Waals surface area contributed by atoms with Gasteiger partial charge in [-0.2, -0.15) is 0 Å². The van der Waals surface area contributed by atoms with Gasteiger partial charge >= 0.3 is 23.1 Å². The Morgan fingerprint density at radius 1 is 0.727 bits per heavy atom. The third-order valence-corrected chi connectivity index (χ3v) is 3.19. The summed E-state index contributed by atoms with van der Waals surface area (Å²) in [7, 11) is 0. The van der Waals surface area contributed by atoms with Crippen molar-refractivity contribution in [3.05, 3.63) is 53.0 Å². The molecular weight excluding hydrogens is 300 g/mol. The Morgan fingerprint density at radius 3 is 1.64 bits per heavy atom. The van der Waals surface area contributed by atoms with Crippen LogP contribution in [0.25, 0.3) is 0 Å². The van der Waals surface area contributed by atoms with Crippen molar-refractivity contribution in [1.82, 2.24) is 0 Å². The quantitative estimate of drug-likeness (QED) is 0.262. The van der Waals surface area contributed by atoms with Gasteiger partial charge in [-0.1, -0.05) is 47.8 Å². The van der Waals surface area contributed by atoms with Gasteiger partial charge in [0.05, 0.1) is 0 Å². The molecule has 0 saturated carbocycles. The summed E-state index contributed by atoms with van der Waals surface area (Å²) in [6, 6.07) is 0. The summed E-state index contributed by atoms with van der Waals surface area (Å²) in [5.74, 6) is 0. The van der Waals surface area contributed by atoms with E-state index in [-0.39, 0.29) is 35.5 Å². The van der Waals surface area contributed by atoms with Crippen molar-refractivity contribution in [1.29, 1.82) is 0 Å². The minimum absolute atomic E-state index is 0. The molecule has 0 N–H and O–H groups in total. The number of hydrogen-bond acceptors (Lipinski definition) is 0. The molecule has 0 spiro atoms. The van der Waals surface area contributed by atoms with E-state index in [1.54, 1.807) is 0 Å². The van der Waals surface area contributed by atoms with Gasteiger partial charge in [-0.25, -0.2) is 18.1 Å². The topological polar surface area (TPSA) is 0 Å². The van der Waals surface area contributed by atoms with Crippen molar-refractivity contribution in [2.45, 2.75) is 73.6 Å². The predicted molar refractivity (Wildman–Crippen MR) is 99.5 cm³/mol. The van der Waals surface area contributed by atoms with Crippen LogP contribution >= 0.6 is 0 Å². The number of unbranched alkanes of at least 4 members (excludes halogenated alkanes) is 1. The number of rotatable bonds is 9. The van der Waals surface area contributed by atoms with Crippen molar-refractivity contribution >= 4 is 23.1 Å². The second-order valence-corrected chi connectivity index (χ2v) is 6.18. The molecule has 0 radical (unpaired) electrons. The van der Waals surface area contributed by atoms with E-state index >= 15 is 0 Å².